The van der Waals surface area contributed by atoms with Crippen LogP contribution in [0.4, 0.5) is 0 Å². The number of para-hydroxylation sites is 2. The molecule has 0 spiro atoms. The summed E-state index contributed by atoms with van der Waals surface area (Å²) in [6.45, 7) is 0.174. The first-order chi connectivity index (χ1) is 9.72. The third kappa shape index (κ3) is 3.11. The first kappa shape index (κ1) is 13.0. The highest BCUT2D eigenvalue weighted by Gasteiger charge is 2.27. The molecule has 1 aliphatic heterocycles. The largest absolute Gasteiger partial charge is 0.485 e. The van der Waals surface area contributed by atoms with Gasteiger partial charge in [-0.1, -0.05) is 12.1 Å². The van der Waals surface area contributed by atoms with Crippen LogP contribution in [-0.4, -0.2) is 29.8 Å². The van der Waals surface area contributed by atoms with E-state index in [0.717, 1.165) is 12.8 Å². The number of thiocarbonyl (C=S) groups is 1. The van der Waals surface area contributed by atoms with Crippen LogP contribution in [0, 0.1) is 0 Å². The maximum Gasteiger partial charge on any atom is 0.283 e. The van der Waals surface area contributed by atoms with Crippen LogP contribution in [0.1, 0.15) is 12.8 Å². The predicted octanol–water partition coefficient (Wildman–Crippen LogP) is 0.484. The summed E-state index contributed by atoms with van der Waals surface area (Å²) < 4.78 is 11.1. The fourth-order valence-corrected chi connectivity index (χ4v) is 2.01. The lowest BCUT2D eigenvalue weighted by Crippen LogP contribution is -2.53. The van der Waals surface area contributed by atoms with Crippen molar-refractivity contribution >= 4 is 23.2 Å². The lowest BCUT2D eigenvalue weighted by Gasteiger charge is -2.25. The van der Waals surface area contributed by atoms with Crippen LogP contribution in [0.2, 0.25) is 0 Å². The number of amides is 1. The number of carbonyl (C=O) groups is 1. The highest BCUT2D eigenvalue weighted by Crippen LogP contribution is 2.30. The lowest BCUT2D eigenvalue weighted by molar-refractivity contribution is -0.130. The second-order valence-electron chi connectivity index (χ2n) is 4.73. The fourth-order valence-electron chi connectivity index (χ4n) is 1.80. The summed E-state index contributed by atoms with van der Waals surface area (Å²) in [5, 5.41) is 3.48. The van der Waals surface area contributed by atoms with Crippen molar-refractivity contribution in [3.8, 4) is 11.5 Å². The minimum atomic E-state index is -0.693. The zero-order chi connectivity index (χ0) is 13.9. The van der Waals surface area contributed by atoms with Crippen LogP contribution in [0.25, 0.3) is 0 Å². The molecule has 0 saturated heterocycles. The van der Waals surface area contributed by atoms with Crippen LogP contribution in [-0.2, 0) is 4.79 Å². The molecule has 3 rings (SSSR count). The highest BCUT2D eigenvalue weighted by atomic mass is 32.1. The Bertz CT molecular complexity index is 533. The molecule has 0 bridgehead atoms. The molecule has 6 nitrogen and oxygen atoms in total. The zero-order valence-electron chi connectivity index (χ0n) is 10.7. The Balaban J connectivity index is 1.49. The van der Waals surface area contributed by atoms with Gasteiger partial charge in [0, 0.05) is 6.04 Å². The summed E-state index contributed by atoms with van der Waals surface area (Å²) in [6.07, 6.45) is 1.54. The molecule has 1 fully saturated rings. The van der Waals surface area contributed by atoms with Crippen molar-refractivity contribution in [1.82, 2.24) is 16.2 Å². The van der Waals surface area contributed by atoms with Crippen molar-refractivity contribution in [3.05, 3.63) is 24.3 Å². The van der Waals surface area contributed by atoms with Crippen molar-refractivity contribution in [2.75, 3.05) is 6.61 Å². The van der Waals surface area contributed by atoms with Gasteiger partial charge in [0.25, 0.3) is 5.91 Å². The van der Waals surface area contributed by atoms with Crippen LogP contribution in [0.3, 0.4) is 0 Å². The second-order valence-corrected chi connectivity index (χ2v) is 5.13. The molecule has 1 heterocycles. The molecule has 1 amide bonds. The molecule has 7 heteroatoms. The molecule has 1 aromatic carbocycles. The minimum Gasteiger partial charge on any atom is -0.485 e. The molecule has 1 atom stereocenters. The molecular formula is C13H15N3O3S. The summed E-state index contributed by atoms with van der Waals surface area (Å²) >= 11 is 5.04. The van der Waals surface area contributed by atoms with Crippen molar-refractivity contribution in [2.45, 2.75) is 25.0 Å². The second kappa shape index (κ2) is 5.54. The van der Waals surface area contributed by atoms with Crippen LogP contribution < -0.4 is 25.6 Å². The SMILES string of the molecule is O=C(NNC(=S)NC1CC1)[C@H]1COc2ccccc2O1. The van der Waals surface area contributed by atoms with Crippen molar-refractivity contribution < 1.29 is 14.3 Å². The van der Waals surface area contributed by atoms with E-state index in [4.69, 9.17) is 21.7 Å². The maximum absolute atomic E-state index is 11.9. The molecule has 106 valence electrons. The summed E-state index contributed by atoms with van der Waals surface area (Å²) in [4.78, 5) is 11.9. The third-order valence-corrected chi connectivity index (χ3v) is 3.23. The number of hydrogen-bond acceptors (Lipinski definition) is 4. The van der Waals surface area contributed by atoms with E-state index in [1.165, 1.54) is 0 Å². The van der Waals surface area contributed by atoms with E-state index in [1.54, 1.807) is 12.1 Å². The van der Waals surface area contributed by atoms with Gasteiger partial charge in [-0.3, -0.25) is 15.6 Å². The Hall–Kier alpha value is -2.02. The van der Waals surface area contributed by atoms with Gasteiger partial charge in [0.1, 0.15) is 6.61 Å². The standard InChI is InChI=1S/C13H15N3O3S/c17-12(15-16-13(20)14-8-5-6-8)11-7-18-9-3-1-2-4-10(9)19-11/h1-4,8,11H,5-7H2,(H,15,17)(H2,14,16,20)/t11-/m1/s1. The molecule has 3 N–H and O–H groups in total. The molecule has 0 aromatic heterocycles. The van der Waals surface area contributed by atoms with Crippen molar-refractivity contribution in [1.29, 1.82) is 0 Å². The van der Waals surface area contributed by atoms with E-state index in [0.29, 0.717) is 22.7 Å². The van der Waals surface area contributed by atoms with E-state index >= 15 is 0 Å². The lowest BCUT2D eigenvalue weighted by atomic mass is 10.2. The Labute approximate surface area is 121 Å². The first-order valence-electron chi connectivity index (χ1n) is 6.47. The Morgan fingerprint density at radius 3 is 2.70 bits per heavy atom. The van der Waals surface area contributed by atoms with Crippen molar-refractivity contribution in [3.63, 3.8) is 0 Å². The van der Waals surface area contributed by atoms with E-state index in [1.807, 2.05) is 12.1 Å². The van der Waals surface area contributed by atoms with E-state index in [-0.39, 0.29) is 12.5 Å². The molecule has 0 radical (unpaired) electrons. The summed E-state index contributed by atoms with van der Waals surface area (Å²) in [5.41, 5.74) is 5.18. The number of rotatable bonds is 2. The van der Waals surface area contributed by atoms with Gasteiger partial charge in [-0.05, 0) is 37.2 Å². The van der Waals surface area contributed by atoms with E-state index < -0.39 is 6.10 Å². The molecule has 2 aliphatic rings. The maximum atomic E-state index is 11.9. The predicted molar refractivity (Wildman–Crippen MR) is 76.4 cm³/mol. The number of fused-ring (bicyclic) bond motifs is 1. The Kier molecular flexibility index (Phi) is 3.60. The van der Waals surface area contributed by atoms with E-state index in [9.17, 15) is 4.79 Å². The van der Waals surface area contributed by atoms with Gasteiger partial charge in [-0.2, -0.15) is 0 Å². The van der Waals surface area contributed by atoms with Gasteiger partial charge in [0.15, 0.2) is 16.6 Å². The molecule has 1 aliphatic carbocycles. The van der Waals surface area contributed by atoms with Crippen LogP contribution >= 0.6 is 12.2 Å². The van der Waals surface area contributed by atoms with Gasteiger partial charge < -0.3 is 14.8 Å². The number of carbonyl (C=O) groups excluding carboxylic acids is 1. The van der Waals surface area contributed by atoms with Gasteiger partial charge in [-0.25, -0.2) is 0 Å². The Morgan fingerprint density at radius 2 is 1.95 bits per heavy atom. The van der Waals surface area contributed by atoms with Crippen molar-refractivity contribution in [2.24, 2.45) is 0 Å². The summed E-state index contributed by atoms with van der Waals surface area (Å²) in [6, 6.07) is 7.69. The third-order valence-electron chi connectivity index (χ3n) is 3.01. The van der Waals surface area contributed by atoms with Crippen LogP contribution in [0.5, 0.6) is 11.5 Å². The molecule has 1 saturated carbocycles. The van der Waals surface area contributed by atoms with Gasteiger partial charge in [0.2, 0.25) is 6.10 Å². The minimum absolute atomic E-state index is 0.174. The topological polar surface area (TPSA) is 71.6 Å². The quantitative estimate of drug-likeness (QED) is 0.544. The van der Waals surface area contributed by atoms with E-state index in [2.05, 4.69) is 16.2 Å². The molecule has 0 unspecified atom stereocenters. The number of hydrazine groups is 1. The first-order valence-corrected chi connectivity index (χ1v) is 6.88. The molecule has 1 aromatic rings. The zero-order valence-corrected chi connectivity index (χ0v) is 11.5. The smallest absolute Gasteiger partial charge is 0.283 e. The average Bonchev–Trinajstić information content (AvgIpc) is 3.28. The Morgan fingerprint density at radius 1 is 1.20 bits per heavy atom. The highest BCUT2D eigenvalue weighted by molar-refractivity contribution is 7.80. The van der Waals surface area contributed by atoms with Gasteiger partial charge >= 0.3 is 0 Å². The average molecular weight is 293 g/mol. The summed E-state index contributed by atoms with van der Waals surface area (Å²) in [7, 11) is 0. The molecule has 20 heavy (non-hydrogen) atoms. The van der Waals surface area contributed by atoms with Gasteiger partial charge in [-0.15, -0.1) is 0 Å². The summed E-state index contributed by atoms with van der Waals surface area (Å²) in [5.74, 6) is 0.896. The number of ether oxygens (including phenoxy) is 2. The number of benzene rings is 1. The monoisotopic (exact) mass is 293 g/mol. The normalized spacial score (nSPS) is 19.9. The van der Waals surface area contributed by atoms with Crippen LogP contribution in [0.15, 0.2) is 24.3 Å². The number of hydrogen-bond donors (Lipinski definition) is 3. The molecular weight excluding hydrogens is 278 g/mol. The van der Waals surface area contributed by atoms with Gasteiger partial charge in [0.05, 0.1) is 0 Å². The fraction of sp³-hybridized carbons (Fsp3) is 0.385. The number of nitrogens with one attached hydrogen (secondary N) is 3.